The Morgan fingerprint density at radius 1 is 0.304 bits per heavy atom. The number of anilines is 6. The first kappa shape index (κ1) is 60.6. The lowest BCUT2D eigenvalue weighted by molar-refractivity contribution is -0.139. The van der Waals surface area contributed by atoms with E-state index >= 15 is 0 Å². The zero-order chi connectivity index (χ0) is 147. The number of esters is 6. The maximum atomic E-state index is 13.8. The number of allylic oxidation sites excluding steroid dienone is 6. The number of hydrogen-bond acceptors (Lipinski definition) is 24. The number of ether oxygens (including phenoxy) is 6. The van der Waals surface area contributed by atoms with E-state index in [1.807, 2.05) is 0 Å². The minimum Gasteiger partial charge on any atom is -0.463 e. The van der Waals surface area contributed by atoms with E-state index in [-0.39, 0.29) is 45.7 Å². The molecule has 6 atom stereocenters. The van der Waals surface area contributed by atoms with E-state index in [9.17, 15) is 106 Å². The van der Waals surface area contributed by atoms with Crippen LogP contribution < -0.4 is 28.3 Å². The molecule has 138 heavy (non-hydrogen) atoms. The lowest BCUT2D eigenvalue weighted by atomic mass is 9.99. The molecule has 0 saturated heterocycles. The van der Waals surface area contributed by atoms with Crippen molar-refractivity contribution in [2.24, 2.45) is 0 Å². The topological polar surface area (TPSA) is 435 Å². The van der Waals surface area contributed by atoms with Crippen LogP contribution in [0.3, 0.4) is 0 Å². The fraction of sp³-hybridized carbons (Fsp3) is 0.400. The molecule has 0 aromatic heterocycles. The molecule has 6 aromatic carbocycles. The molecule has 756 valence electrons. The fourth-order valence-corrected chi connectivity index (χ4v) is 18.7. The molecular weight excluding hydrogens is 2070 g/mol. The lowest BCUT2D eigenvalue weighted by Crippen LogP contribution is -2.34. The van der Waals surface area contributed by atoms with Gasteiger partial charge in [0.25, 0.3) is 0 Å². The monoisotopic (exact) mass is 2220 g/mol. The Hall–Kier alpha value is -9.60. The van der Waals surface area contributed by atoms with Crippen molar-refractivity contribution in [2.45, 2.75) is 188 Å². The summed E-state index contributed by atoms with van der Waals surface area (Å²) in [4.78, 5) is 74.2. The standard InChI is InChI=1S/6C15H17ClFNO4S/c6*1-2-22-15(19)11-5-3-4-6-14(11)23(20,21)18-13-8-7-10(17)9-12(13)16/h6*5,7-9,14,18H,2-4,6H2,1H3/t6*14-/m111111/s1/i3D2,5D,6D2,7D,8D,9D,14D;3D2,4D2,6D2,7D,8D,9D,14D;4D2,6D2,7D,8D,9D,14D;4D2,5D,6D2,7D,8D,9D;3D2,4D2,6D2,7D,8D,9D;4D2,6D2,7D,8D,9D. The van der Waals surface area contributed by atoms with Crippen LogP contribution in [0.25, 0.3) is 0 Å². The van der Waals surface area contributed by atoms with Crippen LogP contribution in [0.15, 0.2) is 179 Å². The van der Waals surface area contributed by atoms with E-state index in [1.165, 1.54) is 46.3 Å². The van der Waals surface area contributed by atoms with E-state index in [1.54, 1.807) is 23.6 Å². The number of carbonyl (C=O) groups is 6. The van der Waals surface area contributed by atoms with E-state index < -0.39 is 496 Å². The van der Waals surface area contributed by atoms with Crippen molar-refractivity contribution in [3.63, 3.8) is 0 Å². The second kappa shape index (κ2) is 53.9. The first-order chi connectivity index (χ1) is 85.0. The summed E-state index contributed by atoms with van der Waals surface area (Å²) >= 11 is 34.5. The van der Waals surface area contributed by atoms with Gasteiger partial charge >= 0.3 is 35.8 Å². The minimum atomic E-state index is -5.70. The van der Waals surface area contributed by atoms with Crippen LogP contribution in [0.1, 0.15) is 226 Å². The summed E-state index contributed by atoms with van der Waals surface area (Å²) in [6.45, 7) is 6.46. The van der Waals surface area contributed by atoms with E-state index in [4.69, 9.17) is 154 Å². The third-order valence-corrected chi connectivity index (χ3v) is 25.7. The molecule has 6 aliphatic rings. The highest BCUT2D eigenvalue weighted by atomic mass is 35.5. The Labute approximate surface area is 899 Å². The van der Waals surface area contributed by atoms with Crippen molar-refractivity contribution in [2.75, 3.05) is 68.0 Å². The Bertz CT molecular complexity index is 9080. The van der Waals surface area contributed by atoms with Gasteiger partial charge in [0.05, 0.1) is 169 Å². The summed E-state index contributed by atoms with van der Waals surface area (Å²) < 4.78 is 680. The summed E-state index contributed by atoms with van der Waals surface area (Å²) in [5, 5.41) is -24.6. The third kappa shape index (κ3) is 33.8. The van der Waals surface area contributed by atoms with Crippen LogP contribution in [-0.2, 0) is 117 Å². The van der Waals surface area contributed by atoms with Gasteiger partial charge in [-0.15, -0.1) is 0 Å². The van der Waals surface area contributed by atoms with Crippen LogP contribution in [0, 0.1) is 34.9 Å². The Morgan fingerprint density at radius 3 is 0.870 bits per heavy atom. The van der Waals surface area contributed by atoms with Crippen molar-refractivity contribution >= 4 is 200 Å². The van der Waals surface area contributed by atoms with Gasteiger partial charge in [0.15, 0.2) is 0 Å². The summed E-state index contributed by atoms with van der Waals surface area (Å²) in [5.74, 6) is -17.6. The largest absolute Gasteiger partial charge is 0.463 e. The Morgan fingerprint density at radius 2 is 0.536 bits per heavy atom. The molecule has 0 unspecified atom stereocenters. The van der Waals surface area contributed by atoms with Gasteiger partial charge in [-0.25, -0.2) is 106 Å². The minimum absolute atomic E-state index is 0.137. The highest BCUT2D eigenvalue weighted by molar-refractivity contribution is 7.95. The van der Waals surface area contributed by atoms with Crippen LogP contribution >= 0.6 is 69.6 Å². The normalized spacial score (nSPS) is 30.4. The van der Waals surface area contributed by atoms with Crippen molar-refractivity contribution < 1.29 is 204 Å². The molecule has 6 N–H and O–H groups in total. The van der Waals surface area contributed by atoms with Gasteiger partial charge in [0, 0.05) is 38.4 Å². The first-order valence-electron chi connectivity index (χ1n) is 63.1. The van der Waals surface area contributed by atoms with Crippen LogP contribution in [0.4, 0.5) is 60.5 Å². The van der Waals surface area contributed by atoms with E-state index in [0.29, 0.717) is 6.08 Å². The predicted molar refractivity (Wildman–Crippen MR) is 518 cm³/mol. The van der Waals surface area contributed by atoms with Gasteiger partial charge in [-0.1, -0.05) is 106 Å². The smallest absolute Gasteiger partial charge is 0.335 e. The highest BCUT2D eigenvalue weighted by Gasteiger charge is 2.42. The molecule has 0 radical (unpaired) electrons. The quantitative estimate of drug-likeness (QED) is 0.0139. The molecule has 48 heteroatoms. The molecule has 6 aliphatic carbocycles. The molecule has 0 spiro atoms. The predicted octanol–water partition coefficient (Wildman–Crippen LogP) is 19.6. The van der Waals surface area contributed by atoms with Gasteiger partial charge in [0.2, 0.25) is 60.1 Å². The molecule has 0 bridgehead atoms. The molecular formula is C90H102Cl6F6N6O24S6. The number of rotatable bonds is 30. The lowest BCUT2D eigenvalue weighted by Gasteiger charge is -2.24. The summed E-state index contributed by atoms with van der Waals surface area (Å²) in [5.41, 5.74) is -12.3. The number of halogens is 12. The number of nitrogens with one attached hydrogen (secondary N) is 6. The maximum Gasteiger partial charge on any atom is 0.335 e. The van der Waals surface area contributed by atoms with Gasteiger partial charge < -0.3 is 28.4 Å². The molecule has 12 rings (SSSR count). The van der Waals surface area contributed by atoms with E-state index in [0.717, 1.165) is 12.2 Å². The fourth-order valence-electron chi connectivity index (χ4n) is 9.90. The SMILES string of the molecule is [2H]C1=C(C(=O)OCC)[C@H](S(=O)(=O)Nc2c([2H])c([2H])c(F)c([2H])c2Cl)C([2H])([2H])C([2H])([2H])C1.[2H]C1=C(C(=O)OCC)[C@]([2H])(S(=O)(=O)Nc2c([2H])c([2H])c(F)c([2H])c2Cl)C([2H])([2H])CC1([2H])[2H].[2H]c1c([2H])c(NS(=O)(=O)[C@@]2([2H])C(C(=O)OCC)=CC([2H])([2H])C([2H])([2H])C2([2H])[2H])c(Cl)c([2H])c1F.[2H]c1c([2H])c(NS(=O)(=O)[C@@]2([2H])C(C(=O)OCC)=CCC([2H])([2H])C2([2H])[2H])c(Cl)c([2H])c1F.[2H]c1c([2H])c(NS(=O)(=O)[C@H]2C(C(=O)OCC)=CC([2H])([2H])C([2H])([2H])C2([2H])[2H])c(Cl)c([2H])c1F.[2H]c1c([2H])c(NS(=O)(=O)[C@H]2C(C(=O)OCC)=CCC([2H])([2H])C2([2H])[2H])c(Cl)c([2H])c1F. The molecule has 0 aliphatic heterocycles. The summed E-state index contributed by atoms with van der Waals surface area (Å²) in [7, 11) is -32.2. The Balaban J connectivity index is 0.000000302. The molecule has 0 fully saturated rings. The molecule has 6 aromatic rings. The first-order valence-corrected chi connectivity index (χ1v) is 49.0. The second-order valence-corrected chi connectivity index (χ2v) is 37.3. The van der Waals surface area contributed by atoms with Crippen LogP contribution in [0.2, 0.25) is 30.1 Å². The van der Waals surface area contributed by atoms with Crippen LogP contribution in [0.5, 0.6) is 0 Å². The molecule has 30 nitrogen and oxygen atoms in total. The number of sulfonamides is 6. The number of hydrogen-bond donors (Lipinski definition) is 6. The molecule has 0 amide bonds. The maximum absolute atomic E-state index is 13.8. The molecule has 0 heterocycles. The van der Waals surface area contributed by atoms with Gasteiger partial charge in [0.1, 0.15) is 66.3 Å². The van der Waals surface area contributed by atoms with Gasteiger partial charge in [-0.3, -0.25) is 28.3 Å². The summed E-state index contributed by atoms with van der Waals surface area (Å²) in [6.07, 6.45) is -47.1. The number of benzene rings is 6. The molecule has 0 saturated carbocycles. The summed E-state index contributed by atoms with van der Waals surface area (Å²) in [6, 6.07) is -22.5. The highest BCUT2D eigenvalue weighted by Crippen LogP contribution is 2.39. The average Bonchev–Trinajstić information content (AvgIpc) is 0.666. The van der Waals surface area contributed by atoms with E-state index in [2.05, 4.69) is 14.2 Å². The van der Waals surface area contributed by atoms with Crippen molar-refractivity contribution in [3.05, 3.63) is 244 Å². The van der Waals surface area contributed by atoms with Crippen molar-refractivity contribution in [1.29, 1.82) is 0 Å². The third-order valence-electron chi connectivity index (χ3n) is 15.5. The van der Waals surface area contributed by atoms with Gasteiger partial charge in [-0.05, 0) is 265 Å². The zero-order valence-corrected chi connectivity index (χ0v) is 79.8. The Kier molecular flexibility index (Phi) is 23.7. The average molecular weight is 2220 g/mol. The van der Waals surface area contributed by atoms with Gasteiger partial charge in [-0.2, -0.15) is 0 Å². The van der Waals surface area contributed by atoms with Crippen molar-refractivity contribution in [1.82, 2.24) is 0 Å². The second-order valence-electron chi connectivity index (χ2n) is 24.9. The zero-order valence-electron chi connectivity index (χ0n) is 121. The van der Waals surface area contributed by atoms with Crippen LogP contribution in [-0.4, -0.2) is 157 Å². The van der Waals surface area contributed by atoms with Crippen molar-refractivity contribution in [3.8, 4) is 0 Å². The number of carbonyl (C=O) groups excluding carboxylic acids is 6.